The van der Waals surface area contributed by atoms with E-state index in [9.17, 15) is 0 Å². The fourth-order valence-electron chi connectivity index (χ4n) is 3.84. The minimum Gasteiger partial charge on any atom is -0.377 e. The molecule has 5 heteroatoms. The van der Waals surface area contributed by atoms with Crippen LogP contribution in [0.4, 0.5) is 0 Å². The van der Waals surface area contributed by atoms with Crippen LogP contribution in [0.5, 0.6) is 0 Å². The van der Waals surface area contributed by atoms with Gasteiger partial charge >= 0.3 is 8.80 Å². The molecule has 0 N–H and O–H groups in total. The number of rotatable bonds is 23. The molecule has 0 radical (unpaired) electrons. The minimum absolute atomic E-state index is 0.937. The predicted octanol–water partition coefficient (Wildman–Crippen LogP) is 7.82. The number of unbranched alkanes of at least 4 members (excludes halogenated alkanes) is 17. The molecule has 0 aromatic carbocycles. The van der Waals surface area contributed by atoms with Crippen LogP contribution in [0.3, 0.4) is 0 Å². The van der Waals surface area contributed by atoms with E-state index in [1.165, 1.54) is 109 Å². The molecule has 0 spiro atoms. The van der Waals surface area contributed by atoms with Gasteiger partial charge in [0.1, 0.15) is 0 Å². The molecule has 0 aliphatic carbocycles. The standard InChI is InChI=1S/C23H50O3SSi/c1-24-28(25-2,26-3)23-21-19-17-15-13-11-9-7-5-4-6-8-10-12-14-16-18-20-22-27/h27H,4-23H2,1-3H3. The van der Waals surface area contributed by atoms with Crippen LogP contribution in [-0.4, -0.2) is 35.9 Å². The number of thiol groups is 1. The predicted molar refractivity (Wildman–Crippen MR) is 129 cm³/mol. The molecule has 0 saturated carbocycles. The summed E-state index contributed by atoms with van der Waals surface area (Å²) in [4.78, 5) is 0. The third-order valence-electron chi connectivity index (χ3n) is 5.82. The maximum absolute atomic E-state index is 5.47. The van der Waals surface area contributed by atoms with Crippen molar-refractivity contribution in [3.8, 4) is 0 Å². The molecule has 170 valence electrons. The van der Waals surface area contributed by atoms with E-state index in [4.69, 9.17) is 13.3 Å². The molecule has 3 nitrogen and oxygen atoms in total. The van der Waals surface area contributed by atoms with Crippen molar-refractivity contribution in [1.29, 1.82) is 0 Å². The van der Waals surface area contributed by atoms with Crippen molar-refractivity contribution in [3.63, 3.8) is 0 Å². The second kappa shape index (κ2) is 22.1. The first kappa shape index (κ1) is 28.4. The second-order valence-corrected chi connectivity index (χ2v) is 11.7. The molecule has 0 bridgehead atoms. The van der Waals surface area contributed by atoms with Gasteiger partial charge in [-0.1, -0.05) is 103 Å². The van der Waals surface area contributed by atoms with Crippen LogP contribution in [0.15, 0.2) is 0 Å². The van der Waals surface area contributed by atoms with E-state index in [1.54, 1.807) is 21.3 Å². The van der Waals surface area contributed by atoms with Gasteiger partial charge in [0.15, 0.2) is 0 Å². The normalized spacial score (nSPS) is 12.0. The van der Waals surface area contributed by atoms with E-state index < -0.39 is 8.80 Å². The molecule has 0 aliphatic heterocycles. The first-order valence-electron chi connectivity index (χ1n) is 12.0. The summed E-state index contributed by atoms with van der Waals surface area (Å²) in [5, 5.41) is 0. The Bertz CT molecular complexity index is 293. The Morgan fingerprint density at radius 2 is 0.679 bits per heavy atom. The molecule has 0 amide bonds. The van der Waals surface area contributed by atoms with Gasteiger partial charge in [0, 0.05) is 27.4 Å². The lowest BCUT2D eigenvalue weighted by Crippen LogP contribution is -2.42. The van der Waals surface area contributed by atoms with Crippen molar-refractivity contribution in [2.24, 2.45) is 0 Å². The Hall–Kier alpha value is 0.447. The highest BCUT2D eigenvalue weighted by Crippen LogP contribution is 2.19. The van der Waals surface area contributed by atoms with Gasteiger partial charge in [-0.15, -0.1) is 0 Å². The first-order chi connectivity index (χ1) is 13.7. The zero-order valence-electron chi connectivity index (χ0n) is 19.3. The Balaban J connectivity index is 3.18. The summed E-state index contributed by atoms with van der Waals surface area (Å²) < 4.78 is 16.4. The highest BCUT2D eigenvalue weighted by molar-refractivity contribution is 7.80. The third-order valence-corrected chi connectivity index (χ3v) is 8.97. The average molecular weight is 435 g/mol. The molecule has 0 atom stereocenters. The first-order valence-corrected chi connectivity index (χ1v) is 14.6. The molecule has 0 aliphatic rings. The lowest BCUT2D eigenvalue weighted by Gasteiger charge is -2.24. The third kappa shape index (κ3) is 17.3. The second-order valence-electron chi connectivity index (χ2n) is 8.13. The van der Waals surface area contributed by atoms with Crippen molar-refractivity contribution >= 4 is 21.4 Å². The van der Waals surface area contributed by atoms with Gasteiger partial charge in [-0.2, -0.15) is 12.6 Å². The maximum atomic E-state index is 5.47. The van der Waals surface area contributed by atoms with Gasteiger partial charge in [0.2, 0.25) is 0 Å². The van der Waals surface area contributed by atoms with Crippen molar-refractivity contribution in [3.05, 3.63) is 0 Å². The van der Waals surface area contributed by atoms with E-state index >= 15 is 0 Å². The lowest BCUT2D eigenvalue weighted by molar-refractivity contribution is 0.122. The molecule has 0 aromatic heterocycles. The van der Waals surface area contributed by atoms with E-state index in [0.717, 1.165) is 18.2 Å². The lowest BCUT2D eigenvalue weighted by atomic mass is 10.0. The summed E-state index contributed by atoms with van der Waals surface area (Å²) >= 11 is 4.26. The summed E-state index contributed by atoms with van der Waals surface area (Å²) in [5.74, 6) is 1.06. The van der Waals surface area contributed by atoms with Crippen LogP contribution in [0.2, 0.25) is 6.04 Å². The monoisotopic (exact) mass is 434 g/mol. The van der Waals surface area contributed by atoms with Gasteiger partial charge < -0.3 is 13.3 Å². The van der Waals surface area contributed by atoms with Crippen LogP contribution >= 0.6 is 12.6 Å². The van der Waals surface area contributed by atoms with Gasteiger partial charge in [0.05, 0.1) is 0 Å². The quantitative estimate of drug-likeness (QED) is 0.101. The topological polar surface area (TPSA) is 27.7 Å². The summed E-state index contributed by atoms with van der Waals surface area (Å²) in [5.41, 5.74) is 0. The maximum Gasteiger partial charge on any atom is 0.500 e. The van der Waals surface area contributed by atoms with Gasteiger partial charge in [-0.25, -0.2) is 0 Å². The summed E-state index contributed by atoms with van der Waals surface area (Å²) in [7, 11) is 2.77. The van der Waals surface area contributed by atoms with Crippen molar-refractivity contribution < 1.29 is 13.3 Å². The molecule has 0 saturated heterocycles. The van der Waals surface area contributed by atoms with Gasteiger partial charge in [-0.3, -0.25) is 0 Å². The SMILES string of the molecule is CO[Si](CCCCCCCCCCCCCCCCCCCCS)(OC)OC. The summed E-state index contributed by atoms with van der Waals surface area (Å²) in [6.45, 7) is 0. The van der Waals surface area contributed by atoms with E-state index in [1.807, 2.05) is 0 Å². The van der Waals surface area contributed by atoms with Crippen molar-refractivity contribution in [2.45, 2.75) is 122 Å². The van der Waals surface area contributed by atoms with Crippen LogP contribution in [0.1, 0.15) is 116 Å². The largest absolute Gasteiger partial charge is 0.500 e. The van der Waals surface area contributed by atoms with Crippen LogP contribution in [-0.2, 0) is 13.3 Å². The summed E-state index contributed by atoms with van der Waals surface area (Å²) in [6, 6.07) is 0.937. The van der Waals surface area contributed by atoms with E-state index in [-0.39, 0.29) is 0 Å². The molecule has 0 unspecified atom stereocenters. The Morgan fingerprint density at radius 3 is 0.929 bits per heavy atom. The smallest absolute Gasteiger partial charge is 0.377 e. The molecule has 0 heterocycles. The van der Waals surface area contributed by atoms with Crippen LogP contribution in [0.25, 0.3) is 0 Å². The molecule has 0 aromatic rings. The molecular weight excluding hydrogens is 384 g/mol. The zero-order chi connectivity index (χ0) is 20.8. The van der Waals surface area contributed by atoms with E-state index in [0.29, 0.717) is 0 Å². The van der Waals surface area contributed by atoms with Crippen LogP contribution in [0, 0.1) is 0 Å². The Labute approximate surface area is 183 Å². The fraction of sp³-hybridized carbons (Fsp3) is 1.00. The molecule has 0 rings (SSSR count). The Morgan fingerprint density at radius 1 is 0.429 bits per heavy atom. The highest BCUT2D eigenvalue weighted by Gasteiger charge is 2.36. The molecule has 0 fully saturated rings. The Kier molecular flexibility index (Phi) is 22.5. The molecular formula is C23H50O3SSi. The van der Waals surface area contributed by atoms with E-state index in [2.05, 4.69) is 12.6 Å². The zero-order valence-corrected chi connectivity index (χ0v) is 21.2. The van der Waals surface area contributed by atoms with Crippen molar-refractivity contribution in [1.82, 2.24) is 0 Å². The minimum atomic E-state index is -2.33. The highest BCUT2D eigenvalue weighted by atomic mass is 32.1. The molecule has 28 heavy (non-hydrogen) atoms. The number of hydrogen-bond acceptors (Lipinski definition) is 4. The van der Waals surface area contributed by atoms with Crippen LogP contribution < -0.4 is 0 Å². The van der Waals surface area contributed by atoms with Gasteiger partial charge in [0.25, 0.3) is 0 Å². The average Bonchev–Trinajstić information content (AvgIpc) is 2.73. The number of hydrogen-bond donors (Lipinski definition) is 1. The fourth-order valence-corrected chi connectivity index (χ4v) is 5.86. The summed E-state index contributed by atoms with van der Waals surface area (Å²) in [6.07, 6.45) is 25.0. The van der Waals surface area contributed by atoms with Gasteiger partial charge in [-0.05, 0) is 18.6 Å². The van der Waals surface area contributed by atoms with Crippen molar-refractivity contribution in [2.75, 3.05) is 27.1 Å².